The van der Waals surface area contributed by atoms with Crippen LogP contribution in [0.25, 0.3) is 11.1 Å². The van der Waals surface area contributed by atoms with Crippen molar-refractivity contribution in [3.63, 3.8) is 0 Å². The van der Waals surface area contributed by atoms with E-state index >= 15 is 0 Å². The van der Waals surface area contributed by atoms with Crippen LogP contribution >= 0.6 is 0 Å². The molecule has 6 heteroatoms. The molecule has 0 radical (unpaired) electrons. The molecular weight excluding hydrogens is 304 g/mol. The van der Waals surface area contributed by atoms with Crippen molar-refractivity contribution in [2.24, 2.45) is 0 Å². The smallest absolute Gasteiger partial charge is 0.319 e. The predicted molar refractivity (Wildman–Crippen MR) is 92.8 cm³/mol. The number of aromatic nitrogens is 2. The molecule has 0 fully saturated rings. The highest BCUT2D eigenvalue weighted by Crippen LogP contribution is 2.27. The summed E-state index contributed by atoms with van der Waals surface area (Å²) in [6.07, 6.45) is 1.69. The molecule has 0 aliphatic heterocycles. The number of fused-ring (bicyclic) bond motifs is 1. The van der Waals surface area contributed by atoms with Crippen molar-refractivity contribution in [3.8, 4) is 0 Å². The van der Waals surface area contributed by atoms with Crippen molar-refractivity contribution < 1.29 is 9.21 Å². The van der Waals surface area contributed by atoms with Gasteiger partial charge in [-0.05, 0) is 30.3 Å². The van der Waals surface area contributed by atoms with Crippen LogP contribution in [-0.2, 0) is 12.0 Å². The number of rotatable bonds is 3. The lowest BCUT2D eigenvalue weighted by atomic mass is 9.97. The van der Waals surface area contributed by atoms with Gasteiger partial charge in [0.1, 0.15) is 5.52 Å². The first-order chi connectivity index (χ1) is 11.4. The summed E-state index contributed by atoms with van der Waals surface area (Å²) in [7, 11) is 0. The lowest BCUT2D eigenvalue weighted by Crippen LogP contribution is -2.28. The third-order valence-electron chi connectivity index (χ3n) is 3.44. The number of benzene rings is 1. The first kappa shape index (κ1) is 16.0. The number of hydrogen-bond donors (Lipinski definition) is 2. The van der Waals surface area contributed by atoms with Crippen LogP contribution in [0, 0.1) is 0 Å². The monoisotopic (exact) mass is 324 g/mol. The van der Waals surface area contributed by atoms with E-state index in [1.54, 1.807) is 18.3 Å². The van der Waals surface area contributed by atoms with Gasteiger partial charge in [0.15, 0.2) is 5.58 Å². The summed E-state index contributed by atoms with van der Waals surface area (Å²) in [6.45, 7) is 6.50. The summed E-state index contributed by atoms with van der Waals surface area (Å²) >= 11 is 0. The molecule has 0 saturated carbocycles. The van der Waals surface area contributed by atoms with Crippen molar-refractivity contribution >= 4 is 22.8 Å². The third kappa shape index (κ3) is 3.71. The van der Waals surface area contributed by atoms with Gasteiger partial charge in [-0.25, -0.2) is 9.78 Å². The first-order valence-electron chi connectivity index (χ1n) is 7.78. The Morgan fingerprint density at radius 2 is 2.04 bits per heavy atom. The molecule has 3 aromatic rings. The molecule has 2 aromatic heterocycles. The second kappa shape index (κ2) is 6.31. The van der Waals surface area contributed by atoms with Crippen LogP contribution in [0.3, 0.4) is 0 Å². The molecule has 0 aliphatic rings. The molecule has 2 heterocycles. The maximum atomic E-state index is 12.0. The molecule has 124 valence electrons. The number of hydrogen-bond acceptors (Lipinski definition) is 4. The molecule has 2 N–H and O–H groups in total. The van der Waals surface area contributed by atoms with Crippen LogP contribution in [0.5, 0.6) is 0 Å². The van der Waals surface area contributed by atoms with Crippen molar-refractivity contribution in [3.05, 3.63) is 54.2 Å². The Morgan fingerprint density at radius 1 is 1.21 bits per heavy atom. The van der Waals surface area contributed by atoms with E-state index in [9.17, 15) is 4.79 Å². The maximum Gasteiger partial charge on any atom is 0.319 e. The topological polar surface area (TPSA) is 80.0 Å². The Hall–Kier alpha value is -2.89. The number of carbonyl (C=O) groups excluding carboxylic acids is 1. The second-order valence-corrected chi connectivity index (χ2v) is 6.58. The number of anilines is 1. The highest BCUT2D eigenvalue weighted by atomic mass is 16.3. The van der Waals surface area contributed by atoms with Crippen LogP contribution < -0.4 is 10.6 Å². The van der Waals surface area contributed by atoms with Crippen molar-refractivity contribution in [2.45, 2.75) is 32.7 Å². The van der Waals surface area contributed by atoms with E-state index in [2.05, 4.69) is 20.6 Å². The Kier molecular flexibility index (Phi) is 4.20. The summed E-state index contributed by atoms with van der Waals surface area (Å²) in [5.41, 5.74) is 2.73. The van der Waals surface area contributed by atoms with Crippen LogP contribution in [0.1, 0.15) is 32.4 Å². The fourth-order valence-corrected chi connectivity index (χ4v) is 2.17. The van der Waals surface area contributed by atoms with Crippen LogP contribution in [-0.4, -0.2) is 16.0 Å². The summed E-state index contributed by atoms with van der Waals surface area (Å²) in [5, 5.41) is 5.56. The van der Waals surface area contributed by atoms with Crippen molar-refractivity contribution in [1.82, 2.24) is 15.3 Å². The zero-order valence-electron chi connectivity index (χ0n) is 14.0. The van der Waals surface area contributed by atoms with Gasteiger partial charge in [-0.2, -0.15) is 0 Å². The van der Waals surface area contributed by atoms with E-state index < -0.39 is 0 Å². The highest BCUT2D eigenvalue weighted by molar-refractivity contribution is 5.91. The number of amides is 2. The normalized spacial score (nSPS) is 11.5. The highest BCUT2D eigenvalue weighted by Gasteiger charge is 2.21. The quantitative estimate of drug-likeness (QED) is 0.767. The average Bonchev–Trinajstić information content (AvgIpc) is 2.97. The lowest BCUT2D eigenvalue weighted by Gasteiger charge is -2.11. The summed E-state index contributed by atoms with van der Waals surface area (Å²) < 4.78 is 5.75. The summed E-state index contributed by atoms with van der Waals surface area (Å²) in [6, 6.07) is 10.7. The van der Waals surface area contributed by atoms with Crippen LogP contribution in [0.4, 0.5) is 10.5 Å². The minimum atomic E-state index is -0.292. The molecule has 0 aliphatic carbocycles. The molecule has 1 aromatic carbocycles. The molecule has 3 rings (SSSR count). The zero-order chi connectivity index (χ0) is 17.2. The van der Waals surface area contributed by atoms with Gasteiger partial charge in [-0.1, -0.05) is 26.8 Å². The standard InChI is InChI=1S/C18H20N4O2/c1-18(2,3)16-22-14-10-12(7-8-15(14)24-16)21-17(23)20-11-13-6-4-5-9-19-13/h4-10H,11H2,1-3H3,(H2,20,21,23). The fourth-order valence-electron chi connectivity index (χ4n) is 2.17. The fraction of sp³-hybridized carbons (Fsp3) is 0.278. The molecule has 0 spiro atoms. The van der Waals surface area contributed by atoms with Gasteiger partial charge in [0, 0.05) is 17.3 Å². The Balaban J connectivity index is 1.67. The predicted octanol–water partition coefficient (Wildman–Crippen LogP) is 3.84. The van der Waals surface area contributed by atoms with E-state index in [1.165, 1.54) is 0 Å². The second-order valence-electron chi connectivity index (χ2n) is 6.58. The summed E-state index contributed by atoms with van der Waals surface area (Å²) in [5.74, 6) is 0.675. The van der Waals surface area contributed by atoms with Gasteiger partial charge >= 0.3 is 6.03 Å². The largest absolute Gasteiger partial charge is 0.440 e. The molecule has 0 bridgehead atoms. The number of pyridine rings is 1. The zero-order valence-corrected chi connectivity index (χ0v) is 14.0. The van der Waals surface area contributed by atoms with E-state index in [1.807, 2.05) is 45.0 Å². The van der Waals surface area contributed by atoms with E-state index in [4.69, 9.17) is 4.42 Å². The SMILES string of the molecule is CC(C)(C)c1nc2cc(NC(=O)NCc3ccccn3)ccc2o1. The van der Waals surface area contributed by atoms with E-state index in [-0.39, 0.29) is 11.4 Å². The first-order valence-corrected chi connectivity index (χ1v) is 7.78. The van der Waals surface area contributed by atoms with Gasteiger partial charge in [-0.3, -0.25) is 4.98 Å². The number of carbonyl (C=O) groups is 1. The third-order valence-corrected chi connectivity index (χ3v) is 3.44. The van der Waals surface area contributed by atoms with Crippen molar-refractivity contribution in [1.29, 1.82) is 0 Å². The Labute approximate surface area is 140 Å². The average molecular weight is 324 g/mol. The molecule has 24 heavy (non-hydrogen) atoms. The van der Waals surface area contributed by atoms with Gasteiger partial charge in [0.2, 0.25) is 5.89 Å². The number of nitrogens with zero attached hydrogens (tertiary/aromatic N) is 2. The van der Waals surface area contributed by atoms with Crippen LogP contribution in [0.2, 0.25) is 0 Å². The number of urea groups is 1. The summed E-state index contributed by atoms with van der Waals surface area (Å²) in [4.78, 5) is 20.6. The molecule has 2 amide bonds. The minimum Gasteiger partial charge on any atom is -0.440 e. The molecular formula is C18H20N4O2. The number of oxazole rings is 1. The Morgan fingerprint density at radius 3 is 2.75 bits per heavy atom. The molecule has 0 atom stereocenters. The molecule has 0 unspecified atom stereocenters. The van der Waals surface area contributed by atoms with Crippen LogP contribution in [0.15, 0.2) is 47.0 Å². The van der Waals surface area contributed by atoms with Gasteiger partial charge in [0.25, 0.3) is 0 Å². The van der Waals surface area contributed by atoms with E-state index in [0.29, 0.717) is 23.7 Å². The van der Waals surface area contributed by atoms with Gasteiger partial charge in [0.05, 0.1) is 12.2 Å². The molecule has 0 saturated heterocycles. The Bertz CT molecular complexity index is 850. The molecule has 6 nitrogen and oxygen atoms in total. The number of nitrogens with one attached hydrogen (secondary N) is 2. The minimum absolute atomic E-state index is 0.160. The maximum absolute atomic E-state index is 12.0. The lowest BCUT2D eigenvalue weighted by molar-refractivity contribution is 0.251. The van der Waals surface area contributed by atoms with E-state index in [0.717, 1.165) is 11.2 Å². The van der Waals surface area contributed by atoms with Crippen molar-refractivity contribution in [2.75, 3.05) is 5.32 Å². The van der Waals surface area contributed by atoms with Gasteiger partial charge < -0.3 is 15.1 Å². The van der Waals surface area contributed by atoms with Gasteiger partial charge in [-0.15, -0.1) is 0 Å².